The Kier molecular flexibility index (Phi) is 6.56. The molecule has 1 aromatic carbocycles. The minimum Gasteiger partial charge on any atom is -0.369 e. The summed E-state index contributed by atoms with van der Waals surface area (Å²) < 4.78 is 37.2. The number of carbonyl (C=O) groups is 1. The second kappa shape index (κ2) is 9.16. The molecule has 166 valence electrons. The Hall–Kier alpha value is -1.76. The average Bonchev–Trinajstić information content (AvgIpc) is 3.21. The minimum atomic E-state index is -4.41. The lowest BCUT2D eigenvalue weighted by atomic mass is 9.93. The van der Waals surface area contributed by atoms with Crippen molar-refractivity contribution >= 4 is 11.6 Å². The van der Waals surface area contributed by atoms with Crippen LogP contribution in [0.15, 0.2) is 18.2 Å². The summed E-state index contributed by atoms with van der Waals surface area (Å²) in [6.45, 7) is 6.21. The van der Waals surface area contributed by atoms with Gasteiger partial charge >= 0.3 is 6.18 Å². The van der Waals surface area contributed by atoms with Crippen molar-refractivity contribution < 1.29 is 18.0 Å². The predicted octanol–water partition coefficient (Wildman–Crippen LogP) is 3.88. The van der Waals surface area contributed by atoms with E-state index in [2.05, 4.69) is 28.0 Å². The van der Waals surface area contributed by atoms with Crippen molar-refractivity contribution in [2.24, 2.45) is 5.92 Å². The monoisotopic (exact) mass is 423 g/mol. The van der Waals surface area contributed by atoms with Crippen molar-refractivity contribution in [2.75, 3.05) is 50.7 Å². The van der Waals surface area contributed by atoms with E-state index in [9.17, 15) is 18.0 Å². The number of alkyl halides is 3. The summed E-state index contributed by atoms with van der Waals surface area (Å²) >= 11 is 0. The minimum absolute atomic E-state index is 0.465. The van der Waals surface area contributed by atoms with E-state index >= 15 is 0 Å². The number of likely N-dealkylation sites (tertiary alicyclic amines) is 1. The summed E-state index contributed by atoms with van der Waals surface area (Å²) in [5.74, 6) is -0.264. The van der Waals surface area contributed by atoms with Crippen LogP contribution in [-0.2, 0) is 17.6 Å². The normalized spacial score (nSPS) is 21.2. The SMILES string of the molecule is O=C(CC(F)(F)F)N1CCC(CCN2CCN(c3cccc4c3CCC4)CC2)CC1. The number of piperazine rings is 1. The van der Waals surface area contributed by atoms with Crippen LogP contribution in [0.5, 0.6) is 0 Å². The molecule has 2 fully saturated rings. The lowest BCUT2D eigenvalue weighted by Gasteiger charge is -2.38. The number of amides is 1. The van der Waals surface area contributed by atoms with Crippen LogP contribution in [0.3, 0.4) is 0 Å². The van der Waals surface area contributed by atoms with Gasteiger partial charge in [-0.05, 0) is 68.2 Å². The third-order valence-corrected chi connectivity index (χ3v) is 7.01. The molecule has 0 unspecified atom stereocenters. The molecule has 0 atom stereocenters. The van der Waals surface area contributed by atoms with Crippen molar-refractivity contribution in [3.05, 3.63) is 29.3 Å². The van der Waals surface area contributed by atoms with Gasteiger partial charge in [-0.2, -0.15) is 13.2 Å². The van der Waals surface area contributed by atoms with E-state index in [1.54, 1.807) is 5.56 Å². The molecule has 4 rings (SSSR count). The molecule has 0 saturated carbocycles. The number of piperidine rings is 1. The summed E-state index contributed by atoms with van der Waals surface area (Å²) in [5, 5.41) is 0. The van der Waals surface area contributed by atoms with Gasteiger partial charge in [-0.25, -0.2) is 0 Å². The van der Waals surface area contributed by atoms with Gasteiger partial charge in [-0.15, -0.1) is 0 Å². The van der Waals surface area contributed by atoms with Crippen molar-refractivity contribution in [1.29, 1.82) is 0 Å². The molecule has 0 radical (unpaired) electrons. The Morgan fingerprint density at radius 3 is 2.43 bits per heavy atom. The molecule has 30 heavy (non-hydrogen) atoms. The first-order valence-electron chi connectivity index (χ1n) is 11.3. The molecule has 4 nitrogen and oxygen atoms in total. The first-order chi connectivity index (χ1) is 14.4. The molecule has 0 aromatic heterocycles. The number of rotatable bonds is 5. The molecule has 1 amide bonds. The van der Waals surface area contributed by atoms with Crippen molar-refractivity contribution in [3.8, 4) is 0 Å². The van der Waals surface area contributed by atoms with E-state index in [-0.39, 0.29) is 0 Å². The Bertz CT molecular complexity index is 736. The number of halogens is 3. The molecular weight excluding hydrogens is 391 g/mol. The first-order valence-corrected chi connectivity index (χ1v) is 11.3. The molecule has 7 heteroatoms. The van der Waals surface area contributed by atoms with Crippen LogP contribution in [-0.4, -0.2) is 67.7 Å². The summed E-state index contributed by atoms with van der Waals surface area (Å²) in [7, 11) is 0. The molecule has 2 heterocycles. The number of hydrogen-bond donors (Lipinski definition) is 0. The first kappa shape index (κ1) is 21.5. The van der Waals surface area contributed by atoms with Gasteiger partial charge in [-0.1, -0.05) is 12.1 Å². The standard InChI is InChI=1S/C23H32F3N3O/c24-23(25,26)17-22(30)29-11-8-18(9-12-29)7-10-27-13-15-28(16-14-27)21-6-2-4-19-3-1-5-20(19)21/h2,4,6,18H,1,3,5,7-17H2. The van der Waals surface area contributed by atoms with Gasteiger partial charge in [0.2, 0.25) is 5.91 Å². The van der Waals surface area contributed by atoms with Gasteiger partial charge in [0.05, 0.1) is 0 Å². The summed E-state index contributed by atoms with van der Waals surface area (Å²) in [5.41, 5.74) is 4.51. The van der Waals surface area contributed by atoms with Crippen LogP contribution in [0.4, 0.5) is 18.9 Å². The number of hydrogen-bond acceptors (Lipinski definition) is 3. The molecule has 3 aliphatic rings. The second-order valence-electron chi connectivity index (χ2n) is 9.00. The summed E-state index contributed by atoms with van der Waals surface area (Å²) in [6, 6.07) is 6.73. The average molecular weight is 424 g/mol. The van der Waals surface area contributed by atoms with Gasteiger partial charge in [0.1, 0.15) is 6.42 Å². The van der Waals surface area contributed by atoms with Crippen LogP contribution >= 0.6 is 0 Å². The van der Waals surface area contributed by atoms with Gasteiger partial charge in [0.25, 0.3) is 0 Å². The molecule has 1 aliphatic carbocycles. The number of benzene rings is 1. The molecular formula is C23H32F3N3O. The topological polar surface area (TPSA) is 26.8 Å². The molecule has 0 N–H and O–H groups in total. The highest BCUT2D eigenvalue weighted by molar-refractivity contribution is 5.76. The molecule has 2 saturated heterocycles. The number of anilines is 1. The van der Waals surface area contributed by atoms with Crippen LogP contribution < -0.4 is 4.90 Å². The maximum atomic E-state index is 12.4. The van der Waals surface area contributed by atoms with Crippen LogP contribution in [0.25, 0.3) is 0 Å². The fraction of sp³-hybridized carbons (Fsp3) is 0.696. The Labute approximate surface area is 177 Å². The van der Waals surface area contributed by atoms with Gasteiger partial charge in [0, 0.05) is 45.0 Å². The maximum Gasteiger partial charge on any atom is 0.397 e. The predicted molar refractivity (Wildman–Crippen MR) is 112 cm³/mol. The van der Waals surface area contributed by atoms with E-state index in [0.29, 0.717) is 19.0 Å². The summed E-state index contributed by atoms with van der Waals surface area (Å²) in [6.07, 6.45) is 0.663. The highest BCUT2D eigenvalue weighted by Gasteiger charge is 2.34. The van der Waals surface area contributed by atoms with E-state index < -0.39 is 18.5 Å². The van der Waals surface area contributed by atoms with Crippen LogP contribution in [0.2, 0.25) is 0 Å². The zero-order chi connectivity index (χ0) is 21.1. The fourth-order valence-electron chi connectivity index (χ4n) is 5.23. The molecule has 0 spiro atoms. The summed E-state index contributed by atoms with van der Waals surface area (Å²) in [4.78, 5) is 18.2. The van der Waals surface area contributed by atoms with E-state index in [0.717, 1.165) is 52.0 Å². The molecule has 0 bridgehead atoms. The number of aryl methyl sites for hydroxylation is 1. The number of nitrogens with zero attached hydrogens (tertiary/aromatic N) is 3. The smallest absolute Gasteiger partial charge is 0.369 e. The van der Waals surface area contributed by atoms with E-state index in [4.69, 9.17) is 0 Å². The second-order valence-corrected chi connectivity index (χ2v) is 9.00. The van der Waals surface area contributed by atoms with Crippen molar-refractivity contribution in [3.63, 3.8) is 0 Å². The third kappa shape index (κ3) is 5.29. The molecule has 1 aromatic rings. The molecule has 2 aliphatic heterocycles. The highest BCUT2D eigenvalue weighted by atomic mass is 19.4. The van der Waals surface area contributed by atoms with Gasteiger partial charge < -0.3 is 9.80 Å². The quantitative estimate of drug-likeness (QED) is 0.719. The van der Waals surface area contributed by atoms with Gasteiger partial charge in [-0.3, -0.25) is 9.69 Å². The number of fused-ring (bicyclic) bond motifs is 1. The van der Waals surface area contributed by atoms with Crippen LogP contribution in [0.1, 0.15) is 43.2 Å². The van der Waals surface area contributed by atoms with E-state index in [1.807, 2.05) is 0 Å². The van der Waals surface area contributed by atoms with Crippen molar-refractivity contribution in [1.82, 2.24) is 9.80 Å². The fourth-order valence-corrected chi connectivity index (χ4v) is 5.23. The zero-order valence-electron chi connectivity index (χ0n) is 17.6. The van der Waals surface area contributed by atoms with Crippen LogP contribution in [0, 0.1) is 5.92 Å². The maximum absolute atomic E-state index is 12.4. The Morgan fingerprint density at radius 2 is 1.73 bits per heavy atom. The van der Waals surface area contributed by atoms with Gasteiger partial charge in [0.15, 0.2) is 0 Å². The third-order valence-electron chi connectivity index (χ3n) is 7.01. The lowest BCUT2D eigenvalue weighted by molar-refractivity contribution is -0.162. The Balaban J connectivity index is 1.17. The lowest BCUT2D eigenvalue weighted by Crippen LogP contribution is -2.47. The number of carbonyl (C=O) groups excluding carboxylic acids is 1. The zero-order valence-corrected chi connectivity index (χ0v) is 17.6. The van der Waals surface area contributed by atoms with Crippen molar-refractivity contribution in [2.45, 2.75) is 51.1 Å². The highest BCUT2D eigenvalue weighted by Crippen LogP contribution is 2.32. The van der Waals surface area contributed by atoms with E-state index in [1.165, 1.54) is 35.4 Å². The largest absolute Gasteiger partial charge is 0.397 e. The Morgan fingerprint density at radius 1 is 1.00 bits per heavy atom.